The SMILES string of the molecule is CN(C)C1CN(c2nc3c(F)c(Br)c(Cl)cc3c(N[C@H]3CCN(C(=O)OC(C)(C)C)[C@H](CC(=O)OC(C)(C)C)C3)c2[N+](=O)[O-])C1. The lowest BCUT2D eigenvalue weighted by atomic mass is 9.94. The number of nitrogens with zero attached hydrogens (tertiary/aromatic N) is 5. The molecule has 0 unspecified atom stereocenters. The third-order valence-corrected chi connectivity index (χ3v) is 8.96. The number of pyridine rings is 1. The number of hydrogen-bond donors (Lipinski definition) is 1. The van der Waals surface area contributed by atoms with Crippen LogP contribution in [0.3, 0.4) is 0 Å². The lowest BCUT2D eigenvalue weighted by Crippen LogP contribution is -2.58. The Kier molecular flexibility index (Phi) is 10.1. The molecule has 2 aliphatic heterocycles. The van der Waals surface area contributed by atoms with Gasteiger partial charge in [0.05, 0.1) is 20.8 Å². The van der Waals surface area contributed by atoms with Gasteiger partial charge in [0.15, 0.2) is 5.82 Å². The van der Waals surface area contributed by atoms with Crippen molar-refractivity contribution in [2.24, 2.45) is 0 Å². The van der Waals surface area contributed by atoms with E-state index >= 15 is 4.39 Å². The Bertz CT molecular complexity index is 1490. The number of ether oxygens (including phenoxy) is 2. The molecule has 2 fully saturated rings. The summed E-state index contributed by atoms with van der Waals surface area (Å²) in [6, 6.07) is 0.539. The Labute approximate surface area is 275 Å². The number of carbonyl (C=O) groups is 2. The summed E-state index contributed by atoms with van der Waals surface area (Å²) < 4.78 is 26.8. The zero-order valence-electron chi connectivity index (χ0n) is 26.9. The van der Waals surface area contributed by atoms with Crippen LogP contribution in [0.2, 0.25) is 5.02 Å². The topological polar surface area (TPSA) is 130 Å². The summed E-state index contributed by atoms with van der Waals surface area (Å²) in [5, 5.41) is 16.1. The van der Waals surface area contributed by atoms with Gasteiger partial charge in [-0.05, 0) is 90.5 Å². The van der Waals surface area contributed by atoms with Gasteiger partial charge in [0, 0.05) is 43.1 Å². The number of rotatable bonds is 7. The number of piperidine rings is 1. The van der Waals surface area contributed by atoms with Crippen LogP contribution in [-0.4, -0.2) is 94.8 Å². The first kappa shape index (κ1) is 34.9. The van der Waals surface area contributed by atoms with Crippen LogP contribution in [0.1, 0.15) is 60.8 Å². The van der Waals surface area contributed by atoms with Crippen LogP contribution in [0.4, 0.5) is 26.4 Å². The Balaban J connectivity index is 1.75. The molecule has 1 aromatic heterocycles. The number of benzene rings is 1. The van der Waals surface area contributed by atoms with Gasteiger partial charge in [0.25, 0.3) is 0 Å². The van der Waals surface area contributed by atoms with Crippen LogP contribution in [0, 0.1) is 15.9 Å². The van der Waals surface area contributed by atoms with Gasteiger partial charge in [-0.1, -0.05) is 11.6 Å². The molecule has 0 saturated carbocycles. The number of likely N-dealkylation sites (tertiary alicyclic amines) is 1. The van der Waals surface area contributed by atoms with Gasteiger partial charge < -0.3 is 29.5 Å². The Morgan fingerprint density at radius 1 is 1.20 bits per heavy atom. The summed E-state index contributed by atoms with van der Waals surface area (Å²) in [5.41, 5.74) is -1.77. The second kappa shape index (κ2) is 13.0. The molecule has 2 aromatic rings. The van der Waals surface area contributed by atoms with Gasteiger partial charge in [0.1, 0.15) is 22.4 Å². The fourth-order valence-corrected chi connectivity index (χ4v) is 5.99. The molecule has 4 rings (SSSR count). The summed E-state index contributed by atoms with van der Waals surface area (Å²) in [5.74, 6) is -1.17. The Morgan fingerprint density at radius 3 is 2.38 bits per heavy atom. The largest absolute Gasteiger partial charge is 0.460 e. The van der Waals surface area contributed by atoms with Crippen LogP contribution in [0.15, 0.2) is 10.5 Å². The molecule has 2 atom stereocenters. The second-order valence-corrected chi connectivity index (χ2v) is 15.0. The van der Waals surface area contributed by atoms with Crippen molar-refractivity contribution in [1.82, 2.24) is 14.8 Å². The van der Waals surface area contributed by atoms with Crippen LogP contribution in [-0.2, 0) is 14.3 Å². The number of nitrogens with one attached hydrogen (secondary N) is 1. The predicted molar refractivity (Wildman–Crippen MR) is 175 cm³/mol. The van der Waals surface area contributed by atoms with Crippen molar-refractivity contribution in [3.8, 4) is 0 Å². The van der Waals surface area contributed by atoms with E-state index in [0.717, 1.165) is 0 Å². The minimum atomic E-state index is -0.754. The van der Waals surface area contributed by atoms with Crippen molar-refractivity contribution in [3.63, 3.8) is 0 Å². The number of halogens is 3. The summed E-state index contributed by atoms with van der Waals surface area (Å²) in [4.78, 5) is 48.0. The molecular formula is C30H41BrClFN6O6. The number of carbonyl (C=O) groups excluding carboxylic acids is 2. The molecule has 2 saturated heterocycles. The van der Waals surface area contributed by atoms with E-state index in [-0.39, 0.29) is 63.0 Å². The molecule has 1 amide bonds. The maximum absolute atomic E-state index is 15.6. The first-order chi connectivity index (χ1) is 20.8. The smallest absolute Gasteiger partial charge is 0.410 e. The highest BCUT2D eigenvalue weighted by atomic mass is 79.9. The van der Waals surface area contributed by atoms with Gasteiger partial charge >= 0.3 is 17.7 Å². The highest BCUT2D eigenvalue weighted by Gasteiger charge is 2.40. The van der Waals surface area contributed by atoms with Crippen molar-refractivity contribution < 1.29 is 28.4 Å². The molecule has 2 aliphatic rings. The number of nitro groups is 1. The van der Waals surface area contributed by atoms with Gasteiger partial charge in [-0.25, -0.2) is 14.2 Å². The molecule has 1 N–H and O–H groups in total. The van der Waals surface area contributed by atoms with E-state index < -0.39 is 46.1 Å². The van der Waals surface area contributed by atoms with E-state index in [9.17, 15) is 19.7 Å². The van der Waals surface area contributed by atoms with Crippen LogP contribution in [0.5, 0.6) is 0 Å². The quantitative estimate of drug-likeness (QED) is 0.150. The number of anilines is 2. The first-order valence-corrected chi connectivity index (χ1v) is 16.0. The molecular weight excluding hydrogens is 675 g/mol. The van der Waals surface area contributed by atoms with E-state index in [1.54, 1.807) is 46.4 Å². The van der Waals surface area contributed by atoms with E-state index in [1.165, 1.54) is 11.0 Å². The number of esters is 1. The maximum Gasteiger partial charge on any atom is 0.410 e. The standard InChI is InChI=1S/C30H41BrClFN6O6/c1-29(2,3)44-21(40)12-17-11-16(9-10-38(17)28(41)45-30(4,5)6)34-25-19-13-20(32)22(31)23(33)24(19)35-27(26(25)39(42)43)37-14-18(15-37)36(7)8/h13,16-18H,9-12,14-15H2,1-8H3,(H,34,35)/t16-,17-/m0/s1. The average Bonchev–Trinajstić information content (AvgIpc) is 2.84. The summed E-state index contributed by atoms with van der Waals surface area (Å²) in [6.45, 7) is 11.7. The first-order valence-electron chi connectivity index (χ1n) is 14.8. The van der Waals surface area contributed by atoms with E-state index in [4.69, 9.17) is 21.1 Å². The molecule has 15 heteroatoms. The summed E-state index contributed by atoms with van der Waals surface area (Å²) >= 11 is 9.51. The zero-order valence-corrected chi connectivity index (χ0v) is 29.2. The van der Waals surface area contributed by atoms with Gasteiger partial charge in [0.2, 0.25) is 5.82 Å². The third-order valence-electron chi connectivity index (χ3n) is 7.66. The van der Waals surface area contributed by atoms with Crippen molar-refractivity contribution in [3.05, 3.63) is 31.5 Å². The molecule has 0 bridgehead atoms. The number of likely N-dealkylation sites (N-methyl/N-ethyl adjacent to an activating group) is 1. The van der Waals surface area contributed by atoms with Crippen molar-refractivity contribution in [2.75, 3.05) is 43.9 Å². The summed E-state index contributed by atoms with van der Waals surface area (Å²) in [7, 11) is 3.85. The molecule has 0 spiro atoms. The van der Waals surface area contributed by atoms with Gasteiger partial charge in [-0.2, -0.15) is 0 Å². The molecule has 0 aliphatic carbocycles. The fourth-order valence-electron chi connectivity index (χ4n) is 5.49. The van der Waals surface area contributed by atoms with Crippen LogP contribution >= 0.6 is 27.5 Å². The molecule has 1 aromatic carbocycles. The van der Waals surface area contributed by atoms with Gasteiger partial charge in [-0.3, -0.25) is 14.9 Å². The monoisotopic (exact) mass is 714 g/mol. The zero-order chi connectivity index (χ0) is 33.6. The Morgan fingerprint density at radius 2 is 1.82 bits per heavy atom. The van der Waals surface area contributed by atoms with Crippen LogP contribution < -0.4 is 10.2 Å². The summed E-state index contributed by atoms with van der Waals surface area (Å²) in [6.07, 6.45) is -0.0521. The highest BCUT2D eigenvalue weighted by molar-refractivity contribution is 9.10. The normalized spacial score (nSPS) is 19.5. The molecule has 45 heavy (non-hydrogen) atoms. The van der Waals surface area contributed by atoms with Gasteiger partial charge in [-0.15, -0.1) is 0 Å². The fraction of sp³-hybridized carbons (Fsp3) is 0.633. The van der Waals surface area contributed by atoms with Crippen molar-refractivity contribution >= 4 is 67.7 Å². The minimum Gasteiger partial charge on any atom is -0.460 e. The number of fused-ring (bicyclic) bond motifs is 1. The number of aromatic nitrogens is 1. The number of hydrogen-bond acceptors (Lipinski definition) is 10. The van der Waals surface area contributed by atoms with E-state index in [2.05, 4.69) is 26.2 Å². The molecule has 0 radical (unpaired) electrons. The average molecular weight is 716 g/mol. The second-order valence-electron chi connectivity index (χ2n) is 13.8. The van der Waals surface area contributed by atoms with Crippen molar-refractivity contribution in [1.29, 1.82) is 0 Å². The lowest BCUT2D eigenvalue weighted by Gasteiger charge is -2.43. The third kappa shape index (κ3) is 8.07. The maximum atomic E-state index is 15.6. The molecule has 12 nitrogen and oxygen atoms in total. The van der Waals surface area contributed by atoms with Crippen molar-refractivity contribution in [2.45, 2.75) is 90.1 Å². The lowest BCUT2D eigenvalue weighted by molar-refractivity contribution is -0.383. The Hall–Kier alpha value is -2.97. The highest BCUT2D eigenvalue weighted by Crippen LogP contribution is 2.45. The molecule has 3 heterocycles. The predicted octanol–water partition coefficient (Wildman–Crippen LogP) is 6.36. The van der Waals surface area contributed by atoms with Crippen LogP contribution in [0.25, 0.3) is 10.9 Å². The number of amides is 1. The molecule has 248 valence electrons. The minimum absolute atomic E-state index is 0.00721. The van der Waals surface area contributed by atoms with E-state index in [1.807, 2.05) is 19.0 Å². The van der Waals surface area contributed by atoms with E-state index in [0.29, 0.717) is 19.5 Å².